The molecule has 0 atom stereocenters. The van der Waals surface area contributed by atoms with Gasteiger partial charge in [-0.15, -0.1) is 0 Å². The van der Waals surface area contributed by atoms with E-state index >= 15 is 0 Å². The number of nitrogens with one attached hydrogen (secondary N) is 1. The van der Waals surface area contributed by atoms with Crippen LogP contribution in [-0.4, -0.2) is 16.7 Å². The molecule has 0 fully saturated rings. The minimum Gasteiger partial charge on any atom is -0.490 e. The van der Waals surface area contributed by atoms with E-state index in [2.05, 4.69) is 10.3 Å². The lowest BCUT2D eigenvalue weighted by molar-refractivity contribution is 0.402. The van der Waals surface area contributed by atoms with Crippen LogP contribution < -0.4 is 15.6 Å². The maximum atomic E-state index is 13.6. The Morgan fingerprint density at radius 3 is 2.54 bits per heavy atom. The number of halogens is 4. The third-order valence-corrected chi connectivity index (χ3v) is 4.50. The summed E-state index contributed by atoms with van der Waals surface area (Å²) in [4.78, 5) is 16.0. The second-order valence-electron chi connectivity index (χ2n) is 5.98. The molecule has 0 aliphatic rings. The van der Waals surface area contributed by atoms with Crippen molar-refractivity contribution in [1.82, 2.24) is 9.55 Å². The van der Waals surface area contributed by atoms with Crippen LogP contribution in [0.25, 0.3) is 0 Å². The normalized spacial score (nSPS) is 10.8. The number of aromatic nitrogens is 2. The molecule has 0 radical (unpaired) electrons. The van der Waals surface area contributed by atoms with Crippen molar-refractivity contribution in [3.63, 3.8) is 0 Å². The summed E-state index contributed by atoms with van der Waals surface area (Å²) in [5, 5.41) is 3.49. The monoisotopic (exact) mass is 409 g/mol. The van der Waals surface area contributed by atoms with Gasteiger partial charge in [-0.25, -0.2) is 13.2 Å². The van der Waals surface area contributed by atoms with Crippen molar-refractivity contribution in [3.8, 4) is 5.75 Å². The van der Waals surface area contributed by atoms with Gasteiger partial charge < -0.3 is 14.6 Å². The standard InChI is InChI=1S/C19H15ClF3N3O2/c1-10-12(20)4-3-5-15(10)24-19-25-18(27)16(28-2)9-26(19)8-11-6-13(21)17(23)14(22)7-11/h3-7,9H,8H2,1-2H3,(H,24,25,27). The SMILES string of the molecule is COc1cn(Cc2cc(F)c(F)c(F)c2)c(Nc2cccc(Cl)c2C)nc1=O. The van der Waals surface area contributed by atoms with Crippen LogP contribution in [0.2, 0.25) is 5.02 Å². The predicted molar refractivity (Wildman–Crippen MR) is 99.9 cm³/mol. The molecule has 146 valence electrons. The molecule has 0 saturated heterocycles. The van der Waals surface area contributed by atoms with E-state index in [1.165, 1.54) is 17.9 Å². The number of hydrogen-bond acceptors (Lipinski definition) is 4. The summed E-state index contributed by atoms with van der Waals surface area (Å²) in [5.74, 6) is -4.13. The van der Waals surface area contributed by atoms with Gasteiger partial charge in [0.15, 0.2) is 17.5 Å². The molecular formula is C19H15ClF3N3O2. The number of anilines is 2. The molecule has 2 aromatic carbocycles. The molecule has 28 heavy (non-hydrogen) atoms. The van der Waals surface area contributed by atoms with E-state index in [-0.39, 0.29) is 23.8 Å². The number of nitrogens with zero attached hydrogens (tertiary/aromatic N) is 2. The molecule has 0 aliphatic heterocycles. The number of hydrogen-bond donors (Lipinski definition) is 1. The summed E-state index contributed by atoms with van der Waals surface area (Å²) in [6.07, 6.45) is 1.34. The number of methoxy groups -OCH3 is 1. The van der Waals surface area contributed by atoms with Crippen molar-refractivity contribution in [2.45, 2.75) is 13.5 Å². The minimum absolute atomic E-state index is 0.0589. The van der Waals surface area contributed by atoms with Crippen LogP contribution in [0.1, 0.15) is 11.1 Å². The van der Waals surface area contributed by atoms with Crippen molar-refractivity contribution in [2.24, 2.45) is 0 Å². The summed E-state index contributed by atoms with van der Waals surface area (Å²) in [7, 11) is 1.30. The van der Waals surface area contributed by atoms with Crippen LogP contribution >= 0.6 is 11.6 Å². The van der Waals surface area contributed by atoms with Gasteiger partial charge in [0, 0.05) is 10.7 Å². The molecule has 1 N–H and O–H groups in total. The molecule has 0 saturated carbocycles. The fraction of sp³-hybridized carbons (Fsp3) is 0.158. The summed E-state index contributed by atoms with van der Waals surface area (Å²) in [6, 6.07) is 6.91. The zero-order valence-electron chi connectivity index (χ0n) is 14.9. The average molecular weight is 410 g/mol. The largest absolute Gasteiger partial charge is 0.490 e. The third-order valence-electron chi connectivity index (χ3n) is 4.09. The van der Waals surface area contributed by atoms with Crippen LogP contribution in [0.3, 0.4) is 0 Å². The maximum absolute atomic E-state index is 13.6. The molecule has 0 aliphatic carbocycles. The lowest BCUT2D eigenvalue weighted by atomic mass is 10.2. The molecule has 3 rings (SSSR count). The van der Waals surface area contributed by atoms with Crippen molar-refractivity contribution >= 4 is 23.2 Å². The Kier molecular flexibility index (Phi) is 5.60. The van der Waals surface area contributed by atoms with Crippen LogP contribution in [0.5, 0.6) is 5.75 Å². The van der Waals surface area contributed by atoms with Crippen LogP contribution in [-0.2, 0) is 6.54 Å². The summed E-state index contributed by atoms with van der Waals surface area (Å²) < 4.78 is 46.7. The highest BCUT2D eigenvalue weighted by Crippen LogP contribution is 2.26. The van der Waals surface area contributed by atoms with E-state index < -0.39 is 23.0 Å². The Labute approximate surface area is 163 Å². The molecule has 0 unspecified atom stereocenters. The number of ether oxygens (including phenoxy) is 1. The quantitative estimate of drug-likeness (QED) is 0.634. The van der Waals surface area contributed by atoms with Crippen LogP contribution in [0, 0.1) is 24.4 Å². The van der Waals surface area contributed by atoms with Gasteiger partial charge in [-0.2, -0.15) is 4.98 Å². The zero-order chi connectivity index (χ0) is 20.4. The second-order valence-corrected chi connectivity index (χ2v) is 6.38. The Morgan fingerprint density at radius 2 is 1.89 bits per heavy atom. The average Bonchev–Trinajstić information content (AvgIpc) is 2.65. The van der Waals surface area contributed by atoms with Crippen LogP contribution in [0.4, 0.5) is 24.8 Å². The molecule has 1 heterocycles. The van der Waals surface area contributed by atoms with Crippen LogP contribution in [0.15, 0.2) is 41.3 Å². The summed E-state index contributed by atoms with van der Waals surface area (Å²) in [6.45, 7) is 1.68. The van der Waals surface area contributed by atoms with Gasteiger partial charge in [0.1, 0.15) is 0 Å². The van der Waals surface area contributed by atoms with E-state index in [1.807, 2.05) is 0 Å². The fourth-order valence-corrected chi connectivity index (χ4v) is 2.77. The molecule has 1 aromatic heterocycles. The van der Waals surface area contributed by atoms with Gasteiger partial charge in [-0.05, 0) is 42.3 Å². The Hall–Kier alpha value is -3.00. The Bertz CT molecular complexity index is 1080. The molecule has 5 nitrogen and oxygen atoms in total. The van der Waals surface area contributed by atoms with Gasteiger partial charge in [0.2, 0.25) is 11.7 Å². The smallest absolute Gasteiger partial charge is 0.316 e. The van der Waals surface area contributed by atoms with Crippen molar-refractivity contribution in [2.75, 3.05) is 12.4 Å². The highest BCUT2D eigenvalue weighted by atomic mass is 35.5. The van der Waals surface area contributed by atoms with E-state index in [1.54, 1.807) is 25.1 Å². The minimum atomic E-state index is -1.55. The summed E-state index contributed by atoms with van der Waals surface area (Å²) in [5.41, 5.74) is 0.821. The zero-order valence-corrected chi connectivity index (χ0v) is 15.6. The topological polar surface area (TPSA) is 56.1 Å². The van der Waals surface area contributed by atoms with Gasteiger partial charge in [0.25, 0.3) is 0 Å². The van der Waals surface area contributed by atoms with E-state index in [0.29, 0.717) is 10.7 Å². The van der Waals surface area contributed by atoms with Crippen molar-refractivity contribution in [3.05, 3.63) is 80.5 Å². The second kappa shape index (κ2) is 7.93. The molecule has 0 amide bonds. The van der Waals surface area contributed by atoms with Gasteiger partial charge >= 0.3 is 5.56 Å². The maximum Gasteiger partial charge on any atom is 0.316 e. The Morgan fingerprint density at radius 1 is 1.21 bits per heavy atom. The lowest BCUT2D eigenvalue weighted by Crippen LogP contribution is -2.19. The third kappa shape index (κ3) is 3.96. The summed E-state index contributed by atoms with van der Waals surface area (Å²) >= 11 is 6.11. The van der Waals surface area contributed by atoms with Crippen molar-refractivity contribution < 1.29 is 17.9 Å². The number of rotatable bonds is 5. The molecular weight excluding hydrogens is 395 g/mol. The lowest BCUT2D eigenvalue weighted by Gasteiger charge is -2.17. The first kappa shape index (κ1) is 19.8. The fourth-order valence-electron chi connectivity index (χ4n) is 2.59. The van der Waals surface area contributed by atoms with E-state index in [9.17, 15) is 18.0 Å². The molecule has 0 bridgehead atoms. The first-order valence-corrected chi connectivity index (χ1v) is 8.49. The number of benzene rings is 2. The molecule has 9 heteroatoms. The van der Waals surface area contributed by atoms with Gasteiger partial charge in [0.05, 0.1) is 19.9 Å². The van der Waals surface area contributed by atoms with Gasteiger partial charge in [-0.3, -0.25) is 4.79 Å². The highest BCUT2D eigenvalue weighted by Gasteiger charge is 2.15. The van der Waals surface area contributed by atoms with E-state index in [0.717, 1.165) is 17.7 Å². The first-order chi connectivity index (χ1) is 13.3. The molecule has 3 aromatic rings. The van der Waals surface area contributed by atoms with Crippen molar-refractivity contribution in [1.29, 1.82) is 0 Å². The van der Waals surface area contributed by atoms with Gasteiger partial charge in [-0.1, -0.05) is 17.7 Å². The first-order valence-electron chi connectivity index (χ1n) is 8.11. The highest BCUT2D eigenvalue weighted by molar-refractivity contribution is 6.31. The van der Waals surface area contributed by atoms with E-state index in [4.69, 9.17) is 16.3 Å². The predicted octanol–water partition coefficient (Wildman–Crippen LogP) is 4.42. The Balaban J connectivity index is 2.06. The molecule has 0 spiro atoms.